The number of hydrogen-bond acceptors (Lipinski definition) is 5. The van der Waals surface area contributed by atoms with Gasteiger partial charge in [-0.05, 0) is 48.2 Å². The number of nitrogens with zero attached hydrogens (tertiary/aromatic N) is 1. The predicted octanol–water partition coefficient (Wildman–Crippen LogP) is 3.77. The maximum atomic E-state index is 12.3. The molecule has 0 unspecified atom stereocenters. The van der Waals surface area contributed by atoms with Gasteiger partial charge in [0.2, 0.25) is 5.91 Å². The van der Waals surface area contributed by atoms with E-state index in [4.69, 9.17) is 10.00 Å². The second-order valence-electron chi connectivity index (χ2n) is 6.78. The van der Waals surface area contributed by atoms with E-state index < -0.39 is 24.4 Å². The van der Waals surface area contributed by atoms with Crippen molar-refractivity contribution in [1.29, 1.82) is 5.26 Å². The van der Waals surface area contributed by atoms with Crippen molar-refractivity contribution < 1.29 is 19.1 Å². The summed E-state index contributed by atoms with van der Waals surface area (Å²) in [6.45, 7) is 5.57. The number of nitriles is 1. The molecule has 0 aromatic heterocycles. The third kappa shape index (κ3) is 6.18. The zero-order chi connectivity index (χ0) is 21.4. The number of hydrogen-bond donors (Lipinski definition) is 2. The topological polar surface area (TPSA) is 108 Å². The van der Waals surface area contributed by atoms with Gasteiger partial charge in [0.25, 0.3) is 5.91 Å². The van der Waals surface area contributed by atoms with Crippen molar-refractivity contribution in [3.8, 4) is 6.07 Å². The van der Waals surface area contributed by atoms with Crippen LogP contribution in [-0.2, 0) is 14.3 Å². The highest BCUT2D eigenvalue weighted by Crippen LogP contribution is 2.27. The first kappa shape index (κ1) is 21.6. The van der Waals surface area contributed by atoms with Crippen molar-refractivity contribution >= 4 is 29.2 Å². The third-order valence-corrected chi connectivity index (χ3v) is 4.17. The molecule has 29 heavy (non-hydrogen) atoms. The maximum absolute atomic E-state index is 12.3. The van der Waals surface area contributed by atoms with Crippen molar-refractivity contribution in [2.45, 2.75) is 33.1 Å². The highest BCUT2D eigenvalue weighted by atomic mass is 16.5. The van der Waals surface area contributed by atoms with Crippen LogP contribution in [0.15, 0.2) is 42.5 Å². The molecule has 150 valence electrons. The van der Waals surface area contributed by atoms with E-state index in [1.807, 2.05) is 39.0 Å². The number of anilines is 2. The van der Waals surface area contributed by atoms with E-state index in [9.17, 15) is 14.4 Å². The number of para-hydroxylation sites is 1. The fourth-order valence-electron chi connectivity index (χ4n) is 2.70. The van der Waals surface area contributed by atoms with Crippen LogP contribution in [0.4, 0.5) is 11.4 Å². The Kier molecular flexibility index (Phi) is 7.49. The predicted molar refractivity (Wildman–Crippen MR) is 109 cm³/mol. The summed E-state index contributed by atoms with van der Waals surface area (Å²) in [5.74, 6) is -1.27. The summed E-state index contributed by atoms with van der Waals surface area (Å²) < 4.78 is 5.08. The highest BCUT2D eigenvalue weighted by Gasteiger charge is 2.14. The fourth-order valence-corrected chi connectivity index (χ4v) is 2.70. The number of esters is 1. The first-order valence-electron chi connectivity index (χ1n) is 9.15. The van der Waals surface area contributed by atoms with Crippen LogP contribution >= 0.6 is 0 Å². The lowest BCUT2D eigenvalue weighted by Crippen LogP contribution is -2.22. The summed E-state index contributed by atoms with van der Waals surface area (Å²) in [6, 6.07) is 13.5. The lowest BCUT2D eigenvalue weighted by atomic mass is 9.98. The number of ether oxygens (including phenoxy) is 1. The summed E-state index contributed by atoms with van der Waals surface area (Å²) >= 11 is 0. The van der Waals surface area contributed by atoms with Crippen molar-refractivity contribution in [3.05, 3.63) is 59.2 Å². The monoisotopic (exact) mass is 393 g/mol. The molecule has 0 aliphatic heterocycles. The van der Waals surface area contributed by atoms with E-state index >= 15 is 0 Å². The molecule has 7 heteroatoms. The normalized spacial score (nSPS) is 10.2. The number of rotatable bonds is 7. The Morgan fingerprint density at radius 1 is 1.03 bits per heavy atom. The second-order valence-corrected chi connectivity index (χ2v) is 6.78. The molecule has 0 saturated heterocycles. The summed E-state index contributed by atoms with van der Waals surface area (Å²) in [4.78, 5) is 35.8. The molecule has 7 nitrogen and oxygen atoms in total. The zero-order valence-corrected chi connectivity index (χ0v) is 16.6. The van der Waals surface area contributed by atoms with Crippen LogP contribution < -0.4 is 10.6 Å². The molecular weight excluding hydrogens is 370 g/mol. The van der Waals surface area contributed by atoms with Crippen LogP contribution in [0, 0.1) is 18.3 Å². The molecule has 0 radical (unpaired) electrons. The first-order valence-corrected chi connectivity index (χ1v) is 9.15. The van der Waals surface area contributed by atoms with E-state index in [0.717, 1.165) is 16.8 Å². The summed E-state index contributed by atoms with van der Waals surface area (Å²) in [5.41, 5.74) is 3.39. The summed E-state index contributed by atoms with van der Waals surface area (Å²) in [7, 11) is 0. The molecule has 0 aliphatic rings. The molecule has 0 spiro atoms. The Balaban J connectivity index is 1.93. The van der Waals surface area contributed by atoms with Gasteiger partial charge in [0.15, 0.2) is 6.61 Å². The molecular formula is C22H23N3O4. The Labute approximate surface area is 169 Å². The highest BCUT2D eigenvalue weighted by molar-refractivity contribution is 5.97. The van der Waals surface area contributed by atoms with Gasteiger partial charge in [-0.1, -0.05) is 32.0 Å². The summed E-state index contributed by atoms with van der Waals surface area (Å²) in [6.07, 6.45) is -0.252. The fraction of sp³-hybridized carbons (Fsp3) is 0.273. The van der Waals surface area contributed by atoms with Gasteiger partial charge in [-0.25, -0.2) is 4.79 Å². The number of carbonyl (C=O) groups excluding carboxylic acids is 3. The maximum Gasteiger partial charge on any atom is 0.338 e. The van der Waals surface area contributed by atoms with Gasteiger partial charge in [0, 0.05) is 11.4 Å². The minimum absolute atomic E-state index is 0.236. The van der Waals surface area contributed by atoms with E-state index in [1.165, 1.54) is 24.3 Å². The van der Waals surface area contributed by atoms with Gasteiger partial charge in [-0.3, -0.25) is 9.59 Å². The molecule has 2 rings (SSSR count). The largest absolute Gasteiger partial charge is 0.452 e. The average Bonchev–Trinajstić information content (AvgIpc) is 2.68. The van der Waals surface area contributed by atoms with Crippen LogP contribution in [0.3, 0.4) is 0 Å². The van der Waals surface area contributed by atoms with Crippen molar-refractivity contribution in [3.63, 3.8) is 0 Å². The van der Waals surface area contributed by atoms with Crippen LogP contribution in [0.25, 0.3) is 0 Å². The number of carbonyl (C=O) groups is 3. The lowest BCUT2D eigenvalue weighted by molar-refractivity contribution is -0.119. The standard InChI is InChI=1S/C22H23N3O4/c1-14(2)18-6-4-5-15(3)21(18)25-20(27)13-29-22(28)16-7-9-17(10-8-16)24-19(26)11-12-23/h4-10,14H,11,13H2,1-3H3,(H,24,26)(H,25,27). The molecule has 0 bridgehead atoms. The number of nitrogens with one attached hydrogen (secondary N) is 2. The molecule has 0 saturated carbocycles. The number of benzene rings is 2. The second kappa shape index (κ2) is 10.0. The van der Waals surface area contributed by atoms with E-state index in [2.05, 4.69) is 10.6 Å². The van der Waals surface area contributed by atoms with Gasteiger partial charge >= 0.3 is 5.97 Å². The first-order chi connectivity index (χ1) is 13.8. The molecule has 0 atom stereocenters. The lowest BCUT2D eigenvalue weighted by Gasteiger charge is -2.16. The van der Waals surface area contributed by atoms with E-state index in [1.54, 1.807) is 6.07 Å². The zero-order valence-electron chi connectivity index (χ0n) is 16.6. The molecule has 2 N–H and O–H groups in total. The van der Waals surface area contributed by atoms with Gasteiger partial charge in [-0.2, -0.15) is 5.26 Å². The van der Waals surface area contributed by atoms with Crippen molar-refractivity contribution in [1.82, 2.24) is 0 Å². The molecule has 2 aromatic rings. The van der Waals surface area contributed by atoms with Crippen LogP contribution in [0.5, 0.6) is 0 Å². The molecule has 0 fully saturated rings. The van der Waals surface area contributed by atoms with Crippen LogP contribution in [0.2, 0.25) is 0 Å². The third-order valence-electron chi connectivity index (χ3n) is 4.17. The average molecular weight is 393 g/mol. The van der Waals surface area contributed by atoms with Gasteiger partial charge < -0.3 is 15.4 Å². The van der Waals surface area contributed by atoms with Gasteiger partial charge in [0.1, 0.15) is 6.42 Å². The number of amides is 2. The van der Waals surface area contributed by atoms with E-state index in [0.29, 0.717) is 5.69 Å². The Morgan fingerprint density at radius 2 is 1.72 bits per heavy atom. The molecule has 2 aromatic carbocycles. The summed E-state index contributed by atoms with van der Waals surface area (Å²) in [5, 5.41) is 13.8. The molecule has 0 aliphatic carbocycles. The number of aryl methyl sites for hydroxylation is 1. The van der Waals surface area contributed by atoms with Crippen LogP contribution in [0.1, 0.15) is 47.7 Å². The van der Waals surface area contributed by atoms with Crippen LogP contribution in [-0.4, -0.2) is 24.4 Å². The Morgan fingerprint density at radius 3 is 2.34 bits per heavy atom. The Hall–Kier alpha value is -3.66. The Bertz CT molecular complexity index is 944. The minimum Gasteiger partial charge on any atom is -0.452 e. The smallest absolute Gasteiger partial charge is 0.338 e. The van der Waals surface area contributed by atoms with Gasteiger partial charge in [-0.15, -0.1) is 0 Å². The quantitative estimate of drug-likeness (QED) is 0.696. The van der Waals surface area contributed by atoms with E-state index in [-0.39, 0.29) is 17.9 Å². The van der Waals surface area contributed by atoms with Crippen molar-refractivity contribution in [2.75, 3.05) is 17.2 Å². The minimum atomic E-state index is -0.649. The molecule has 2 amide bonds. The van der Waals surface area contributed by atoms with Gasteiger partial charge in [0.05, 0.1) is 11.6 Å². The SMILES string of the molecule is Cc1cccc(C(C)C)c1NC(=O)COC(=O)c1ccc(NC(=O)CC#N)cc1. The van der Waals surface area contributed by atoms with Crippen molar-refractivity contribution in [2.24, 2.45) is 0 Å². The molecule has 0 heterocycles.